The van der Waals surface area contributed by atoms with Crippen molar-refractivity contribution in [1.82, 2.24) is 0 Å². The Morgan fingerprint density at radius 1 is 1.50 bits per heavy atom. The van der Waals surface area contributed by atoms with Crippen molar-refractivity contribution in [3.63, 3.8) is 0 Å². The molecule has 16 heavy (non-hydrogen) atoms. The predicted molar refractivity (Wildman–Crippen MR) is 60.9 cm³/mol. The molecule has 0 aromatic rings. The van der Waals surface area contributed by atoms with Crippen LogP contribution in [0.3, 0.4) is 0 Å². The van der Waals surface area contributed by atoms with Gasteiger partial charge in [-0.1, -0.05) is 13.5 Å². The molecule has 1 aliphatic heterocycles. The van der Waals surface area contributed by atoms with E-state index in [-0.39, 0.29) is 13.4 Å². The molecule has 1 saturated heterocycles. The molecule has 0 spiro atoms. The van der Waals surface area contributed by atoms with Crippen LogP contribution in [0.15, 0.2) is 11.6 Å². The van der Waals surface area contributed by atoms with Gasteiger partial charge in [0.05, 0.1) is 19.8 Å². The lowest BCUT2D eigenvalue weighted by molar-refractivity contribution is -0.137. The Kier molecular flexibility index (Phi) is 3.06. The van der Waals surface area contributed by atoms with Crippen LogP contribution in [0.2, 0.25) is 0 Å². The molecular weight excluding hydrogens is 204 g/mol. The molecule has 1 heterocycles. The fourth-order valence-electron chi connectivity index (χ4n) is 3.56. The molecule has 2 aliphatic carbocycles. The summed E-state index contributed by atoms with van der Waals surface area (Å²) in [7, 11) is 1.47. The molecule has 4 unspecified atom stereocenters. The smallest absolute Gasteiger partial charge is 0.333 e. The largest absolute Gasteiger partial charge is 0.466 e. The summed E-state index contributed by atoms with van der Waals surface area (Å²) >= 11 is 0. The second-order valence-corrected chi connectivity index (χ2v) is 4.78. The lowest BCUT2D eigenvalue weighted by Crippen LogP contribution is -2.31. The summed E-state index contributed by atoms with van der Waals surface area (Å²) < 4.78 is 10.6. The fourth-order valence-corrected chi connectivity index (χ4v) is 3.56. The molecule has 2 fully saturated rings. The Hall–Kier alpha value is -0.830. The zero-order valence-electron chi connectivity index (χ0n) is 8.94. The highest BCUT2D eigenvalue weighted by Gasteiger charge is 2.50. The van der Waals surface area contributed by atoms with Crippen LogP contribution in [0, 0.1) is 17.8 Å². The predicted octanol–water partition coefficient (Wildman–Crippen LogP) is 2.17. The molecule has 3 aliphatic rings. The van der Waals surface area contributed by atoms with Gasteiger partial charge in [-0.15, -0.1) is 0 Å². The minimum Gasteiger partial charge on any atom is -0.466 e. The number of methoxy groups -OCH3 is 1. The van der Waals surface area contributed by atoms with E-state index in [1.807, 2.05) is 6.08 Å². The van der Waals surface area contributed by atoms with Gasteiger partial charge in [-0.05, 0) is 37.0 Å². The summed E-state index contributed by atoms with van der Waals surface area (Å²) in [6.07, 6.45) is 5.64. The number of hydrogen-bond donors (Lipinski definition) is 0. The Morgan fingerprint density at radius 3 is 3.06 bits per heavy atom. The van der Waals surface area contributed by atoms with Crippen LogP contribution in [0.4, 0.5) is 0 Å². The topological polar surface area (TPSA) is 35.5 Å². The van der Waals surface area contributed by atoms with E-state index in [4.69, 9.17) is 9.47 Å². The van der Waals surface area contributed by atoms with E-state index in [0.717, 1.165) is 25.0 Å². The molecule has 3 heteroatoms. The Morgan fingerprint density at radius 2 is 2.31 bits per heavy atom. The lowest BCUT2D eigenvalue weighted by Gasteiger charge is -2.29. The quantitative estimate of drug-likeness (QED) is 0.640. The van der Waals surface area contributed by atoms with Crippen molar-refractivity contribution < 1.29 is 14.3 Å². The molecule has 90 valence electrons. The van der Waals surface area contributed by atoms with Gasteiger partial charge in [0, 0.05) is 5.57 Å². The van der Waals surface area contributed by atoms with Gasteiger partial charge < -0.3 is 9.47 Å². The van der Waals surface area contributed by atoms with Crippen molar-refractivity contribution >= 4 is 5.97 Å². The van der Waals surface area contributed by atoms with Crippen molar-refractivity contribution in [2.24, 2.45) is 17.8 Å². The van der Waals surface area contributed by atoms with Gasteiger partial charge in [-0.2, -0.15) is 0 Å². The number of carbonyl (C=O) groups is 1. The number of carbonyl (C=O) groups excluding carboxylic acids is 1. The van der Waals surface area contributed by atoms with Crippen molar-refractivity contribution in [1.29, 1.82) is 0 Å². The highest BCUT2D eigenvalue weighted by Crippen LogP contribution is 2.51. The van der Waals surface area contributed by atoms with Crippen molar-refractivity contribution in [3.05, 3.63) is 11.6 Å². The van der Waals surface area contributed by atoms with Crippen LogP contribution in [0.1, 0.15) is 26.7 Å². The summed E-state index contributed by atoms with van der Waals surface area (Å²) in [4.78, 5) is 11.6. The molecule has 3 rings (SSSR count). The SMILES string of the molecule is C.COC(=O)C1=CCC2OCC3CCC1C32. The van der Waals surface area contributed by atoms with E-state index < -0.39 is 0 Å². The summed E-state index contributed by atoms with van der Waals surface area (Å²) in [6.45, 7) is 0.897. The van der Waals surface area contributed by atoms with Crippen molar-refractivity contribution in [2.45, 2.75) is 32.8 Å². The van der Waals surface area contributed by atoms with Crippen LogP contribution in [0.25, 0.3) is 0 Å². The van der Waals surface area contributed by atoms with Gasteiger partial charge in [0.15, 0.2) is 0 Å². The van der Waals surface area contributed by atoms with Gasteiger partial charge in [-0.3, -0.25) is 0 Å². The zero-order chi connectivity index (χ0) is 10.4. The monoisotopic (exact) mass is 224 g/mol. The number of hydrogen-bond acceptors (Lipinski definition) is 3. The highest BCUT2D eigenvalue weighted by atomic mass is 16.5. The van der Waals surface area contributed by atoms with E-state index in [9.17, 15) is 4.79 Å². The summed E-state index contributed by atoms with van der Waals surface area (Å²) in [5.74, 6) is 1.55. The molecule has 4 atom stereocenters. The summed E-state index contributed by atoms with van der Waals surface area (Å²) in [5, 5.41) is 0. The number of ether oxygens (including phenoxy) is 2. The van der Waals surface area contributed by atoms with E-state index >= 15 is 0 Å². The standard InChI is InChI=1S/C12H16O3.CH4/c1-14-12(13)9-4-5-10-11-7(6-15-10)2-3-8(9)11;/h4,7-8,10-11H,2-3,5-6H2,1H3;1H4. The summed E-state index contributed by atoms with van der Waals surface area (Å²) in [6, 6.07) is 0. The molecule has 0 amide bonds. The second kappa shape index (κ2) is 4.21. The van der Waals surface area contributed by atoms with Gasteiger partial charge in [0.1, 0.15) is 0 Å². The highest BCUT2D eigenvalue weighted by molar-refractivity contribution is 5.89. The summed E-state index contributed by atoms with van der Waals surface area (Å²) in [5.41, 5.74) is 0.909. The molecule has 0 aromatic heterocycles. The Balaban J connectivity index is 0.000000963. The van der Waals surface area contributed by atoms with Crippen molar-refractivity contribution in [2.75, 3.05) is 13.7 Å². The van der Waals surface area contributed by atoms with Gasteiger partial charge in [0.25, 0.3) is 0 Å². The third kappa shape index (κ3) is 1.49. The van der Waals surface area contributed by atoms with Crippen LogP contribution < -0.4 is 0 Å². The first-order valence-electron chi connectivity index (χ1n) is 5.71. The maximum absolute atomic E-state index is 11.6. The van der Waals surface area contributed by atoms with E-state index in [2.05, 4.69) is 0 Å². The first-order chi connectivity index (χ1) is 7.31. The van der Waals surface area contributed by atoms with Crippen LogP contribution in [0.5, 0.6) is 0 Å². The molecule has 0 bridgehead atoms. The third-order valence-electron chi connectivity index (χ3n) is 4.20. The molecule has 3 nitrogen and oxygen atoms in total. The number of esters is 1. The molecule has 1 saturated carbocycles. The minimum absolute atomic E-state index is 0. The van der Waals surface area contributed by atoms with Crippen LogP contribution >= 0.6 is 0 Å². The second-order valence-electron chi connectivity index (χ2n) is 4.78. The number of rotatable bonds is 1. The first-order valence-corrected chi connectivity index (χ1v) is 5.71. The van der Waals surface area contributed by atoms with Gasteiger partial charge >= 0.3 is 5.97 Å². The van der Waals surface area contributed by atoms with E-state index in [1.165, 1.54) is 13.5 Å². The maximum atomic E-state index is 11.6. The fraction of sp³-hybridized carbons (Fsp3) is 0.769. The first kappa shape index (κ1) is 11.6. The molecule has 0 aromatic carbocycles. The van der Waals surface area contributed by atoms with E-state index in [1.54, 1.807) is 0 Å². The Labute approximate surface area is 96.8 Å². The average molecular weight is 224 g/mol. The van der Waals surface area contributed by atoms with E-state index in [0.29, 0.717) is 23.9 Å². The molecule has 0 N–H and O–H groups in total. The molecular formula is C13H20O3. The van der Waals surface area contributed by atoms with Crippen molar-refractivity contribution in [3.8, 4) is 0 Å². The maximum Gasteiger partial charge on any atom is 0.333 e. The van der Waals surface area contributed by atoms with Gasteiger partial charge in [-0.25, -0.2) is 4.79 Å². The third-order valence-corrected chi connectivity index (χ3v) is 4.20. The van der Waals surface area contributed by atoms with Crippen LogP contribution in [-0.2, 0) is 14.3 Å². The zero-order valence-corrected chi connectivity index (χ0v) is 8.94. The average Bonchev–Trinajstić information content (AvgIpc) is 2.86. The lowest BCUT2D eigenvalue weighted by atomic mass is 9.77. The molecule has 0 radical (unpaired) electrons. The Bertz CT molecular complexity index is 321. The van der Waals surface area contributed by atoms with Gasteiger partial charge in [0.2, 0.25) is 0 Å². The minimum atomic E-state index is -0.133. The normalized spacial score (nSPS) is 39.7. The van der Waals surface area contributed by atoms with Crippen LogP contribution in [-0.4, -0.2) is 25.8 Å².